The van der Waals surface area contributed by atoms with Crippen LogP contribution in [0.3, 0.4) is 0 Å². The second-order valence-electron chi connectivity index (χ2n) is 5.61. The SMILES string of the molecule is O=C1CCc2cc(S(=O)(=O)Nc3cccc4[nH]ncc34)ccc2N1. The van der Waals surface area contributed by atoms with Crippen LogP contribution in [0, 0.1) is 0 Å². The van der Waals surface area contributed by atoms with Crippen molar-refractivity contribution in [1.29, 1.82) is 0 Å². The monoisotopic (exact) mass is 342 g/mol. The fourth-order valence-electron chi connectivity index (χ4n) is 2.79. The van der Waals surface area contributed by atoms with Gasteiger partial charge in [-0.05, 0) is 42.3 Å². The lowest BCUT2D eigenvalue weighted by Gasteiger charge is -2.18. The predicted octanol–water partition coefficient (Wildman–Crippen LogP) is 2.25. The van der Waals surface area contributed by atoms with Gasteiger partial charge in [0.25, 0.3) is 10.0 Å². The third-order valence-corrected chi connectivity index (χ3v) is 5.37. The number of fused-ring (bicyclic) bond motifs is 2. The van der Waals surface area contributed by atoms with E-state index in [1.165, 1.54) is 6.07 Å². The van der Waals surface area contributed by atoms with Crippen LogP contribution >= 0.6 is 0 Å². The first-order valence-corrected chi connectivity index (χ1v) is 8.89. The fraction of sp³-hybridized carbons (Fsp3) is 0.125. The van der Waals surface area contributed by atoms with Crippen molar-refractivity contribution in [2.45, 2.75) is 17.7 Å². The van der Waals surface area contributed by atoms with Gasteiger partial charge in [0.15, 0.2) is 0 Å². The van der Waals surface area contributed by atoms with Crippen molar-refractivity contribution in [3.63, 3.8) is 0 Å². The van der Waals surface area contributed by atoms with Crippen LogP contribution < -0.4 is 10.0 Å². The number of hydrogen-bond donors (Lipinski definition) is 3. The van der Waals surface area contributed by atoms with E-state index in [0.29, 0.717) is 29.6 Å². The van der Waals surface area contributed by atoms with E-state index in [-0.39, 0.29) is 10.8 Å². The van der Waals surface area contributed by atoms with E-state index in [2.05, 4.69) is 20.2 Å². The Morgan fingerprint density at radius 1 is 1.12 bits per heavy atom. The first-order valence-electron chi connectivity index (χ1n) is 7.41. The van der Waals surface area contributed by atoms with Gasteiger partial charge in [-0.2, -0.15) is 5.10 Å². The molecule has 8 heteroatoms. The zero-order valence-electron chi connectivity index (χ0n) is 12.5. The summed E-state index contributed by atoms with van der Waals surface area (Å²) in [5.74, 6) is -0.0529. The molecule has 3 N–H and O–H groups in total. The predicted molar refractivity (Wildman–Crippen MR) is 90.3 cm³/mol. The Balaban J connectivity index is 1.70. The Morgan fingerprint density at radius 3 is 2.88 bits per heavy atom. The summed E-state index contributed by atoms with van der Waals surface area (Å²) in [6.07, 6.45) is 2.47. The van der Waals surface area contributed by atoms with Crippen molar-refractivity contribution in [2.24, 2.45) is 0 Å². The van der Waals surface area contributed by atoms with Gasteiger partial charge in [0, 0.05) is 17.5 Å². The number of amides is 1. The van der Waals surface area contributed by atoms with Gasteiger partial charge in [-0.1, -0.05) is 6.07 Å². The van der Waals surface area contributed by atoms with Gasteiger partial charge in [-0.3, -0.25) is 14.6 Å². The largest absolute Gasteiger partial charge is 0.326 e. The molecule has 2 heterocycles. The lowest BCUT2D eigenvalue weighted by Crippen LogP contribution is -2.20. The molecule has 1 aliphatic heterocycles. The Hall–Kier alpha value is -2.87. The highest BCUT2D eigenvalue weighted by Crippen LogP contribution is 2.28. The van der Waals surface area contributed by atoms with Gasteiger partial charge in [0.2, 0.25) is 5.91 Å². The molecule has 0 fully saturated rings. The van der Waals surface area contributed by atoms with Crippen molar-refractivity contribution in [3.8, 4) is 0 Å². The third kappa shape index (κ3) is 2.50. The van der Waals surface area contributed by atoms with Crippen LogP contribution in [0.4, 0.5) is 11.4 Å². The molecule has 24 heavy (non-hydrogen) atoms. The molecule has 4 rings (SSSR count). The number of aryl methyl sites for hydroxylation is 1. The van der Waals surface area contributed by atoms with Crippen LogP contribution in [0.25, 0.3) is 10.9 Å². The summed E-state index contributed by atoms with van der Waals surface area (Å²) in [5, 5.41) is 10.2. The zero-order valence-corrected chi connectivity index (χ0v) is 13.4. The summed E-state index contributed by atoms with van der Waals surface area (Å²) in [7, 11) is -3.73. The number of aromatic amines is 1. The van der Waals surface area contributed by atoms with Crippen LogP contribution in [0.15, 0.2) is 47.5 Å². The quantitative estimate of drug-likeness (QED) is 0.679. The molecule has 3 aromatic rings. The average Bonchev–Trinajstić information content (AvgIpc) is 3.04. The molecule has 2 aromatic carbocycles. The summed E-state index contributed by atoms with van der Waals surface area (Å²) in [6, 6.07) is 9.98. The van der Waals surface area contributed by atoms with Crippen LogP contribution in [-0.4, -0.2) is 24.5 Å². The summed E-state index contributed by atoms with van der Waals surface area (Å²) in [6.45, 7) is 0. The van der Waals surface area contributed by atoms with E-state index in [0.717, 1.165) is 11.1 Å². The van der Waals surface area contributed by atoms with Crippen molar-refractivity contribution in [1.82, 2.24) is 10.2 Å². The molecule has 0 radical (unpaired) electrons. The van der Waals surface area contributed by atoms with Gasteiger partial charge in [-0.25, -0.2) is 8.42 Å². The molecule has 0 bridgehead atoms. The minimum atomic E-state index is -3.73. The number of rotatable bonds is 3. The summed E-state index contributed by atoms with van der Waals surface area (Å²) < 4.78 is 28.0. The van der Waals surface area contributed by atoms with Crippen LogP contribution in [0.1, 0.15) is 12.0 Å². The molecule has 1 aromatic heterocycles. The lowest BCUT2D eigenvalue weighted by atomic mass is 10.0. The van der Waals surface area contributed by atoms with Crippen LogP contribution in [0.5, 0.6) is 0 Å². The molecule has 0 saturated heterocycles. The Labute approximate surface area is 138 Å². The smallest absolute Gasteiger partial charge is 0.261 e. The Morgan fingerprint density at radius 2 is 2.00 bits per heavy atom. The minimum absolute atomic E-state index is 0.0529. The summed E-state index contributed by atoms with van der Waals surface area (Å²) >= 11 is 0. The molecule has 0 unspecified atom stereocenters. The number of nitrogens with zero attached hydrogens (tertiary/aromatic N) is 1. The van der Waals surface area contributed by atoms with E-state index in [9.17, 15) is 13.2 Å². The van der Waals surface area contributed by atoms with Crippen molar-refractivity contribution >= 4 is 38.2 Å². The lowest BCUT2D eigenvalue weighted by molar-refractivity contribution is -0.116. The van der Waals surface area contributed by atoms with Gasteiger partial charge < -0.3 is 5.32 Å². The van der Waals surface area contributed by atoms with Gasteiger partial charge in [-0.15, -0.1) is 0 Å². The van der Waals surface area contributed by atoms with E-state index in [4.69, 9.17) is 0 Å². The van der Waals surface area contributed by atoms with Crippen molar-refractivity contribution < 1.29 is 13.2 Å². The van der Waals surface area contributed by atoms with Gasteiger partial charge >= 0.3 is 0 Å². The molecule has 0 spiro atoms. The zero-order chi connectivity index (χ0) is 16.7. The maximum absolute atomic E-state index is 12.7. The highest BCUT2D eigenvalue weighted by Gasteiger charge is 2.20. The molecule has 7 nitrogen and oxygen atoms in total. The maximum Gasteiger partial charge on any atom is 0.261 e. The molecular weight excluding hydrogens is 328 g/mol. The number of hydrogen-bond acceptors (Lipinski definition) is 4. The molecule has 0 atom stereocenters. The normalized spacial score (nSPS) is 14.2. The minimum Gasteiger partial charge on any atom is -0.326 e. The van der Waals surface area contributed by atoms with E-state index in [1.807, 2.05) is 6.07 Å². The van der Waals surface area contributed by atoms with Gasteiger partial charge in [0.05, 0.1) is 22.3 Å². The molecule has 122 valence electrons. The van der Waals surface area contributed by atoms with Crippen LogP contribution in [-0.2, 0) is 21.2 Å². The van der Waals surface area contributed by atoms with E-state index >= 15 is 0 Å². The molecule has 0 aliphatic carbocycles. The van der Waals surface area contributed by atoms with Crippen molar-refractivity contribution in [2.75, 3.05) is 10.0 Å². The van der Waals surface area contributed by atoms with E-state index < -0.39 is 10.0 Å². The number of anilines is 2. The Kier molecular flexibility index (Phi) is 3.27. The van der Waals surface area contributed by atoms with Gasteiger partial charge in [0.1, 0.15) is 0 Å². The topological polar surface area (TPSA) is 104 Å². The first-order chi connectivity index (χ1) is 11.5. The average molecular weight is 342 g/mol. The highest BCUT2D eigenvalue weighted by atomic mass is 32.2. The molecule has 1 amide bonds. The number of sulfonamides is 1. The first kappa shape index (κ1) is 14.7. The fourth-order valence-corrected chi connectivity index (χ4v) is 3.92. The summed E-state index contributed by atoms with van der Waals surface area (Å²) in [4.78, 5) is 11.6. The summed E-state index contributed by atoms with van der Waals surface area (Å²) in [5.41, 5.74) is 2.71. The Bertz CT molecular complexity index is 1060. The van der Waals surface area contributed by atoms with E-state index in [1.54, 1.807) is 30.5 Å². The highest BCUT2D eigenvalue weighted by molar-refractivity contribution is 7.92. The molecule has 1 aliphatic rings. The molecular formula is C16H14N4O3S. The number of carbonyl (C=O) groups is 1. The van der Waals surface area contributed by atoms with Crippen molar-refractivity contribution in [3.05, 3.63) is 48.2 Å². The third-order valence-electron chi connectivity index (χ3n) is 4.01. The second kappa shape index (κ2) is 5.34. The maximum atomic E-state index is 12.7. The second-order valence-corrected chi connectivity index (χ2v) is 7.29. The number of carbonyl (C=O) groups excluding carboxylic acids is 1. The number of benzene rings is 2. The number of H-pyrrole nitrogens is 1. The van der Waals surface area contributed by atoms with Crippen LogP contribution in [0.2, 0.25) is 0 Å². The number of nitrogens with one attached hydrogen (secondary N) is 3. The number of aromatic nitrogens is 2. The standard InChI is InChI=1S/C16H14N4O3S/c21-16-7-4-10-8-11(5-6-13(10)18-16)24(22,23)20-15-3-1-2-14-12(15)9-17-19-14/h1-3,5-6,8-9,20H,4,7H2,(H,17,19)(H,18,21). The molecule has 0 saturated carbocycles.